The van der Waals surface area contributed by atoms with Crippen molar-refractivity contribution in [2.75, 3.05) is 25.9 Å². The van der Waals surface area contributed by atoms with Gasteiger partial charge in [-0.3, -0.25) is 0 Å². The van der Waals surface area contributed by atoms with Crippen molar-refractivity contribution in [3.63, 3.8) is 0 Å². The molecule has 0 unspecified atom stereocenters. The zero-order valence-electron chi connectivity index (χ0n) is 11.1. The van der Waals surface area contributed by atoms with E-state index >= 15 is 0 Å². The molecule has 0 aliphatic carbocycles. The first-order chi connectivity index (χ1) is 8.04. The lowest BCUT2D eigenvalue weighted by atomic mass is 10.1. The largest absolute Gasteiger partial charge is 0.314 e. The Hall–Kier alpha value is -0.130. The van der Waals surface area contributed by atoms with Gasteiger partial charge in [0.15, 0.2) is 0 Å². The lowest BCUT2D eigenvalue weighted by Crippen LogP contribution is -2.44. The number of hydrogen-bond donors (Lipinski definition) is 1. The third-order valence-corrected chi connectivity index (χ3v) is 4.69. The van der Waals surface area contributed by atoms with Crippen LogP contribution in [0.2, 0.25) is 0 Å². The van der Waals surface area contributed by atoms with Crippen molar-refractivity contribution >= 4 is 10.0 Å². The lowest BCUT2D eigenvalue weighted by Gasteiger charge is -2.30. The van der Waals surface area contributed by atoms with Crippen LogP contribution < -0.4 is 5.32 Å². The summed E-state index contributed by atoms with van der Waals surface area (Å²) in [5.41, 5.74) is 0. The number of sulfonamides is 1. The van der Waals surface area contributed by atoms with Gasteiger partial charge in [-0.15, -0.1) is 0 Å². The van der Waals surface area contributed by atoms with Crippen LogP contribution in [0.3, 0.4) is 0 Å². The van der Waals surface area contributed by atoms with Crippen molar-refractivity contribution in [2.45, 2.75) is 51.5 Å². The highest BCUT2D eigenvalue weighted by atomic mass is 32.2. The molecular weight excluding hydrogens is 236 g/mol. The van der Waals surface area contributed by atoms with Gasteiger partial charge < -0.3 is 5.32 Å². The van der Waals surface area contributed by atoms with Crippen LogP contribution >= 0.6 is 0 Å². The van der Waals surface area contributed by atoms with Crippen LogP contribution in [0.1, 0.15) is 45.4 Å². The molecule has 17 heavy (non-hydrogen) atoms. The molecular formula is C12H26N2O2S. The maximum Gasteiger partial charge on any atom is 0.211 e. The highest BCUT2D eigenvalue weighted by molar-refractivity contribution is 7.88. The molecule has 0 aromatic heterocycles. The maximum absolute atomic E-state index is 11.3. The number of piperidine rings is 1. The average molecular weight is 262 g/mol. The smallest absolute Gasteiger partial charge is 0.211 e. The van der Waals surface area contributed by atoms with E-state index < -0.39 is 10.0 Å². The Bertz CT molecular complexity index is 296. The van der Waals surface area contributed by atoms with Crippen molar-refractivity contribution in [3.8, 4) is 0 Å². The minimum atomic E-state index is -2.98. The van der Waals surface area contributed by atoms with Gasteiger partial charge in [0.2, 0.25) is 10.0 Å². The molecule has 102 valence electrons. The van der Waals surface area contributed by atoms with Crippen molar-refractivity contribution < 1.29 is 8.42 Å². The van der Waals surface area contributed by atoms with E-state index in [0.717, 1.165) is 19.4 Å². The summed E-state index contributed by atoms with van der Waals surface area (Å²) < 4.78 is 24.2. The highest BCUT2D eigenvalue weighted by Crippen LogP contribution is 2.13. The van der Waals surface area contributed by atoms with Crippen LogP contribution in [0.15, 0.2) is 0 Å². The monoisotopic (exact) mass is 262 g/mol. The van der Waals surface area contributed by atoms with Gasteiger partial charge in [0.05, 0.1) is 6.26 Å². The van der Waals surface area contributed by atoms with Crippen molar-refractivity contribution in [3.05, 3.63) is 0 Å². The van der Waals surface area contributed by atoms with Gasteiger partial charge >= 0.3 is 0 Å². The lowest BCUT2D eigenvalue weighted by molar-refractivity contribution is 0.290. The Balaban J connectivity index is 2.11. The fraction of sp³-hybridized carbons (Fsp3) is 1.00. The Morgan fingerprint density at radius 3 is 2.35 bits per heavy atom. The van der Waals surface area contributed by atoms with Crippen LogP contribution in [0.5, 0.6) is 0 Å². The van der Waals surface area contributed by atoms with Crippen LogP contribution in [-0.4, -0.2) is 44.7 Å². The molecule has 1 rings (SSSR count). The third-order valence-electron chi connectivity index (χ3n) is 3.39. The minimum absolute atomic E-state index is 0.509. The molecule has 0 saturated carbocycles. The van der Waals surface area contributed by atoms with Gasteiger partial charge in [0.1, 0.15) is 0 Å². The first-order valence-electron chi connectivity index (χ1n) is 6.72. The van der Waals surface area contributed by atoms with E-state index in [-0.39, 0.29) is 0 Å². The summed E-state index contributed by atoms with van der Waals surface area (Å²) in [6.45, 7) is 4.63. The first kappa shape index (κ1) is 14.9. The van der Waals surface area contributed by atoms with E-state index in [0.29, 0.717) is 19.1 Å². The minimum Gasteiger partial charge on any atom is -0.314 e. The standard InChI is InChI=1S/C12H26N2O2S/c1-3-4-5-6-9-13-12-7-10-14(11-8-12)17(2,15)16/h12-13H,3-11H2,1-2H3. The molecule has 5 heteroatoms. The molecule has 0 bridgehead atoms. The molecule has 1 fully saturated rings. The molecule has 1 aliphatic heterocycles. The second-order valence-electron chi connectivity index (χ2n) is 4.95. The number of nitrogens with zero attached hydrogens (tertiary/aromatic N) is 1. The van der Waals surface area contributed by atoms with Crippen molar-refractivity contribution in [1.82, 2.24) is 9.62 Å². The van der Waals surface area contributed by atoms with Gasteiger partial charge in [0.25, 0.3) is 0 Å². The Kier molecular flexibility index (Phi) is 6.44. The second-order valence-corrected chi connectivity index (χ2v) is 6.93. The molecule has 0 amide bonds. The molecule has 0 atom stereocenters. The summed E-state index contributed by atoms with van der Waals surface area (Å²) in [7, 11) is -2.98. The van der Waals surface area contributed by atoms with Gasteiger partial charge in [-0.1, -0.05) is 26.2 Å². The third kappa shape index (κ3) is 5.84. The van der Waals surface area contributed by atoms with Crippen LogP contribution in [-0.2, 0) is 10.0 Å². The number of hydrogen-bond acceptors (Lipinski definition) is 3. The van der Waals surface area contributed by atoms with E-state index in [4.69, 9.17) is 0 Å². The normalized spacial score (nSPS) is 19.6. The molecule has 1 saturated heterocycles. The zero-order valence-corrected chi connectivity index (χ0v) is 11.9. The highest BCUT2D eigenvalue weighted by Gasteiger charge is 2.24. The summed E-state index contributed by atoms with van der Waals surface area (Å²) in [6, 6.07) is 0.509. The summed E-state index contributed by atoms with van der Waals surface area (Å²) in [5, 5.41) is 3.53. The Morgan fingerprint density at radius 1 is 1.18 bits per heavy atom. The van der Waals surface area contributed by atoms with E-state index in [2.05, 4.69) is 12.2 Å². The van der Waals surface area contributed by atoms with Gasteiger partial charge in [-0.2, -0.15) is 0 Å². The molecule has 1 N–H and O–H groups in total. The predicted molar refractivity (Wildman–Crippen MR) is 71.6 cm³/mol. The van der Waals surface area contributed by atoms with Gasteiger partial charge in [-0.05, 0) is 25.8 Å². The predicted octanol–water partition coefficient (Wildman–Crippen LogP) is 1.58. The summed E-state index contributed by atoms with van der Waals surface area (Å²) in [5.74, 6) is 0. The molecule has 1 aliphatic rings. The SMILES string of the molecule is CCCCCCNC1CCN(S(C)(=O)=O)CC1. The van der Waals surface area contributed by atoms with E-state index in [1.54, 1.807) is 4.31 Å². The molecule has 0 aromatic rings. The number of rotatable bonds is 7. The Labute approximate surface area is 106 Å². The summed E-state index contributed by atoms with van der Waals surface area (Å²) in [4.78, 5) is 0. The molecule has 0 spiro atoms. The number of nitrogens with one attached hydrogen (secondary N) is 1. The topological polar surface area (TPSA) is 49.4 Å². The average Bonchev–Trinajstić information content (AvgIpc) is 2.28. The van der Waals surface area contributed by atoms with Crippen molar-refractivity contribution in [2.24, 2.45) is 0 Å². The van der Waals surface area contributed by atoms with E-state index in [1.807, 2.05) is 0 Å². The summed E-state index contributed by atoms with van der Waals surface area (Å²) >= 11 is 0. The Morgan fingerprint density at radius 2 is 1.82 bits per heavy atom. The molecule has 0 radical (unpaired) electrons. The van der Waals surface area contributed by atoms with Gasteiger partial charge in [-0.25, -0.2) is 12.7 Å². The van der Waals surface area contributed by atoms with E-state index in [1.165, 1.54) is 31.9 Å². The fourth-order valence-corrected chi connectivity index (χ4v) is 3.12. The van der Waals surface area contributed by atoms with Crippen LogP contribution in [0.25, 0.3) is 0 Å². The van der Waals surface area contributed by atoms with Crippen LogP contribution in [0, 0.1) is 0 Å². The molecule has 1 heterocycles. The van der Waals surface area contributed by atoms with Crippen LogP contribution in [0.4, 0.5) is 0 Å². The molecule has 4 nitrogen and oxygen atoms in total. The molecule has 0 aromatic carbocycles. The van der Waals surface area contributed by atoms with Crippen molar-refractivity contribution in [1.29, 1.82) is 0 Å². The summed E-state index contributed by atoms with van der Waals surface area (Å²) in [6.07, 6.45) is 8.31. The fourth-order valence-electron chi connectivity index (χ4n) is 2.25. The zero-order chi connectivity index (χ0) is 12.7. The number of unbranched alkanes of at least 4 members (excludes halogenated alkanes) is 3. The quantitative estimate of drug-likeness (QED) is 0.709. The first-order valence-corrected chi connectivity index (χ1v) is 8.57. The second kappa shape index (κ2) is 7.34. The maximum atomic E-state index is 11.3. The van der Waals surface area contributed by atoms with E-state index in [9.17, 15) is 8.42 Å². The van der Waals surface area contributed by atoms with Gasteiger partial charge in [0, 0.05) is 19.1 Å².